The van der Waals surface area contributed by atoms with Gasteiger partial charge < -0.3 is 14.8 Å². The van der Waals surface area contributed by atoms with Crippen LogP contribution in [0.2, 0.25) is 5.02 Å². The number of hydrogen-bond acceptors (Lipinski definition) is 7. The van der Waals surface area contributed by atoms with Gasteiger partial charge in [-0.3, -0.25) is 10.1 Å². The standard InChI is InChI=1S/C19H16ClFN4O4/c20-13-7-11(4-5-14(13)21)24-19-12-8-16(25(26)27)17(9-15(12)22-10-23-19)29-18-3-1-2-6-28-18/h4-5,7-10,18H,1-3,6H2,(H,22,23,24). The van der Waals surface area contributed by atoms with Crippen molar-refractivity contribution in [3.63, 3.8) is 0 Å². The highest BCUT2D eigenvalue weighted by Crippen LogP contribution is 2.36. The number of anilines is 2. The molecule has 8 nitrogen and oxygen atoms in total. The highest BCUT2D eigenvalue weighted by Gasteiger charge is 2.24. The van der Waals surface area contributed by atoms with Crippen molar-refractivity contribution in [2.45, 2.75) is 25.6 Å². The summed E-state index contributed by atoms with van der Waals surface area (Å²) in [4.78, 5) is 19.4. The van der Waals surface area contributed by atoms with Crippen molar-refractivity contribution >= 4 is 39.7 Å². The van der Waals surface area contributed by atoms with E-state index in [1.165, 1.54) is 36.7 Å². The first-order valence-corrected chi connectivity index (χ1v) is 9.32. The third kappa shape index (κ3) is 4.20. The normalized spacial score (nSPS) is 16.6. The Labute approximate surface area is 169 Å². The number of nitro groups is 1. The van der Waals surface area contributed by atoms with Crippen molar-refractivity contribution in [2.75, 3.05) is 11.9 Å². The van der Waals surface area contributed by atoms with Gasteiger partial charge in [0.1, 0.15) is 18.0 Å². The lowest BCUT2D eigenvalue weighted by Crippen LogP contribution is -2.25. The highest BCUT2D eigenvalue weighted by molar-refractivity contribution is 6.31. The van der Waals surface area contributed by atoms with E-state index in [0.717, 1.165) is 12.8 Å². The van der Waals surface area contributed by atoms with Crippen LogP contribution in [0.1, 0.15) is 19.3 Å². The Morgan fingerprint density at radius 1 is 1.28 bits per heavy atom. The van der Waals surface area contributed by atoms with Crippen molar-refractivity contribution in [1.29, 1.82) is 0 Å². The van der Waals surface area contributed by atoms with Crippen molar-refractivity contribution in [3.8, 4) is 5.75 Å². The van der Waals surface area contributed by atoms with Crippen LogP contribution in [0.25, 0.3) is 10.9 Å². The van der Waals surface area contributed by atoms with E-state index in [-0.39, 0.29) is 16.5 Å². The molecule has 29 heavy (non-hydrogen) atoms. The van der Waals surface area contributed by atoms with E-state index < -0.39 is 17.0 Å². The zero-order valence-electron chi connectivity index (χ0n) is 15.1. The van der Waals surface area contributed by atoms with Crippen LogP contribution in [0, 0.1) is 15.9 Å². The molecule has 10 heteroatoms. The summed E-state index contributed by atoms with van der Waals surface area (Å²) in [5.74, 6) is -0.141. The van der Waals surface area contributed by atoms with Crippen molar-refractivity contribution < 1.29 is 18.8 Å². The van der Waals surface area contributed by atoms with E-state index in [2.05, 4.69) is 15.3 Å². The molecule has 0 saturated carbocycles. The monoisotopic (exact) mass is 418 g/mol. The molecule has 1 aromatic heterocycles. The van der Waals surface area contributed by atoms with E-state index in [1.807, 2.05) is 0 Å². The minimum Gasteiger partial charge on any atom is -0.458 e. The summed E-state index contributed by atoms with van der Waals surface area (Å²) < 4.78 is 24.6. The SMILES string of the molecule is O=[N+]([O-])c1cc2c(Nc3ccc(F)c(Cl)c3)ncnc2cc1OC1CCCCO1. The summed E-state index contributed by atoms with van der Waals surface area (Å²) in [7, 11) is 0. The van der Waals surface area contributed by atoms with Gasteiger partial charge >= 0.3 is 5.69 Å². The van der Waals surface area contributed by atoms with Crippen LogP contribution in [0.15, 0.2) is 36.7 Å². The second-order valence-corrected chi connectivity index (χ2v) is 6.89. The van der Waals surface area contributed by atoms with Gasteiger partial charge in [-0.2, -0.15) is 0 Å². The van der Waals surface area contributed by atoms with Crippen LogP contribution in [-0.4, -0.2) is 27.8 Å². The number of rotatable bonds is 5. The first-order chi connectivity index (χ1) is 14.0. The van der Waals surface area contributed by atoms with Gasteiger partial charge in [-0.05, 0) is 31.0 Å². The fraction of sp³-hybridized carbons (Fsp3) is 0.263. The van der Waals surface area contributed by atoms with Crippen molar-refractivity contribution in [2.24, 2.45) is 0 Å². The van der Waals surface area contributed by atoms with Gasteiger partial charge in [0.05, 0.1) is 27.5 Å². The molecule has 1 aliphatic rings. The Morgan fingerprint density at radius 2 is 2.14 bits per heavy atom. The Morgan fingerprint density at radius 3 is 2.86 bits per heavy atom. The third-order valence-corrected chi connectivity index (χ3v) is 4.78. The van der Waals surface area contributed by atoms with E-state index in [4.69, 9.17) is 21.1 Å². The number of hydrogen-bond donors (Lipinski definition) is 1. The van der Waals surface area contributed by atoms with Crippen LogP contribution >= 0.6 is 11.6 Å². The predicted octanol–water partition coefficient (Wildman–Crippen LogP) is 4.98. The first-order valence-electron chi connectivity index (χ1n) is 8.95. The number of halogens is 2. The van der Waals surface area contributed by atoms with Gasteiger partial charge in [0.25, 0.3) is 0 Å². The summed E-state index contributed by atoms with van der Waals surface area (Å²) in [5, 5.41) is 15.0. The molecule has 1 atom stereocenters. The number of aromatic nitrogens is 2. The van der Waals surface area contributed by atoms with Crippen LogP contribution in [0.3, 0.4) is 0 Å². The van der Waals surface area contributed by atoms with E-state index in [1.54, 1.807) is 0 Å². The molecule has 2 aromatic carbocycles. The van der Waals surface area contributed by atoms with Crippen LogP contribution in [-0.2, 0) is 4.74 Å². The highest BCUT2D eigenvalue weighted by atomic mass is 35.5. The molecule has 1 unspecified atom stereocenters. The lowest BCUT2D eigenvalue weighted by molar-refractivity contribution is -0.386. The van der Waals surface area contributed by atoms with E-state index in [0.29, 0.717) is 35.4 Å². The molecule has 0 radical (unpaired) electrons. The lowest BCUT2D eigenvalue weighted by Gasteiger charge is -2.23. The molecular formula is C19H16ClFN4O4. The minimum absolute atomic E-state index is 0.0532. The van der Waals surface area contributed by atoms with E-state index in [9.17, 15) is 14.5 Å². The third-order valence-electron chi connectivity index (χ3n) is 4.49. The first kappa shape index (κ1) is 19.3. The van der Waals surface area contributed by atoms with Gasteiger partial charge in [0.2, 0.25) is 5.75 Å². The Kier molecular flexibility index (Phi) is 5.41. The number of ether oxygens (including phenoxy) is 2. The van der Waals surface area contributed by atoms with Gasteiger partial charge in [-0.25, -0.2) is 14.4 Å². The Bertz CT molecular complexity index is 1080. The molecule has 3 aromatic rings. The average Bonchev–Trinajstić information content (AvgIpc) is 2.71. The number of nitrogens with zero attached hydrogens (tertiary/aromatic N) is 3. The summed E-state index contributed by atoms with van der Waals surface area (Å²) in [6.07, 6.45) is 3.33. The topological polar surface area (TPSA) is 99.4 Å². The predicted molar refractivity (Wildman–Crippen MR) is 105 cm³/mol. The van der Waals surface area contributed by atoms with Crippen LogP contribution < -0.4 is 10.1 Å². The molecule has 150 valence electrons. The Hall–Kier alpha value is -3.04. The number of benzene rings is 2. The minimum atomic E-state index is -0.549. The number of nitrogens with one attached hydrogen (secondary N) is 1. The summed E-state index contributed by atoms with van der Waals surface area (Å²) >= 11 is 5.81. The Balaban J connectivity index is 1.72. The molecule has 0 bridgehead atoms. The molecular weight excluding hydrogens is 403 g/mol. The molecule has 1 saturated heterocycles. The molecule has 2 heterocycles. The quantitative estimate of drug-likeness (QED) is 0.460. The lowest BCUT2D eigenvalue weighted by atomic mass is 10.1. The second kappa shape index (κ2) is 8.14. The number of nitro benzene ring substituents is 1. The summed E-state index contributed by atoms with van der Waals surface area (Å²) in [6, 6.07) is 6.95. The fourth-order valence-electron chi connectivity index (χ4n) is 3.07. The molecule has 1 N–H and O–H groups in total. The molecule has 0 aliphatic carbocycles. The van der Waals surface area contributed by atoms with Crippen LogP contribution in [0.5, 0.6) is 5.75 Å². The molecule has 1 aliphatic heterocycles. The van der Waals surface area contributed by atoms with Crippen molar-refractivity contribution in [3.05, 3.63) is 57.6 Å². The maximum Gasteiger partial charge on any atom is 0.311 e. The van der Waals surface area contributed by atoms with Gasteiger partial charge in [0.15, 0.2) is 6.29 Å². The maximum atomic E-state index is 13.4. The molecule has 0 amide bonds. The average molecular weight is 419 g/mol. The van der Waals surface area contributed by atoms with Gasteiger partial charge in [-0.15, -0.1) is 0 Å². The zero-order valence-corrected chi connectivity index (χ0v) is 15.9. The molecule has 0 spiro atoms. The van der Waals surface area contributed by atoms with Gasteiger partial charge in [-0.1, -0.05) is 11.6 Å². The zero-order chi connectivity index (χ0) is 20.4. The second-order valence-electron chi connectivity index (χ2n) is 6.48. The smallest absolute Gasteiger partial charge is 0.311 e. The maximum absolute atomic E-state index is 13.4. The van der Waals surface area contributed by atoms with Gasteiger partial charge in [0, 0.05) is 24.2 Å². The summed E-state index contributed by atoms with van der Waals surface area (Å²) in [6.45, 7) is 0.558. The molecule has 1 fully saturated rings. The largest absolute Gasteiger partial charge is 0.458 e. The van der Waals surface area contributed by atoms with Crippen LogP contribution in [0.4, 0.5) is 21.6 Å². The van der Waals surface area contributed by atoms with Crippen molar-refractivity contribution in [1.82, 2.24) is 9.97 Å². The number of fused-ring (bicyclic) bond motifs is 1. The van der Waals surface area contributed by atoms with E-state index >= 15 is 0 Å². The summed E-state index contributed by atoms with van der Waals surface area (Å²) in [5.41, 5.74) is 0.712. The fourth-order valence-corrected chi connectivity index (χ4v) is 3.25. The molecule has 4 rings (SSSR count).